The predicted molar refractivity (Wildman–Crippen MR) is 101 cm³/mol. The van der Waals surface area contributed by atoms with Crippen LogP contribution in [0, 0.1) is 5.92 Å². The molecule has 0 radical (unpaired) electrons. The number of aromatic nitrogens is 2. The third-order valence-corrected chi connectivity index (χ3v) is 5.12. The van der Waals surface area contributed by atoms with Gasteiger partial charge in [0.2, 0.25) is 5.91 Å². The van der Waals surface area contributed by atoms with Crippen molar-refractivity contribution in [1.82, 2.24) is 15.1 Å². The van der Waals surface area contributed by atoms with Crippen molar-refractivity contribution in [3.63, 3.8) is 0 Å². The van der Waals surface area contributed by atoms with Gasteiger partial charge in [-0.3, -0.25) is 9.59 Å². The highest BCUT2D eigenvalue weighted by molar-refractivity contribution is 5.92. The second-order valence-electron chi connectivity index (χ2n) is 6.91. The maximum atomic E-state index is 12.3. The highest BCUT2D eigenvalue weighted by atomic mass is 16.5. The van der Waals surface area contributed by atoms with Crippen LogP contribution in [-0.2, 0) is 9.53 Å². The van der Waals surface area contributed by atoms with Crippen molar-refractivity contribution in [3.05, 3.63) is 36.3 Å². The summed E-state index contributed by atoms with van der Waals surface area (Å²) in [6.45, 7) is 3.74. The predicted octanol–water partition coefficient (Wildman–Crippen LogP) is 1.40. The standard InChI is InChI=1S/C19H23N5O4/c25-18(14-5-12-27-13-6-14)20-16-3-4-17(22-21-16)23-7-9-24(10-8-23)19(26)15-2-1-11-28-15/h1-4,11,14H,5-10,12-13H2,(H,20,21,25). The summed E-state index contributed by atoms with van der Waals surface area (Å²) in [7, 11) is 0. The number of anilines is 2. The van der Waals surface area contributed by atoms with E-state index in [9.17, 15) is 9.59 Å². The molecule has 0 aromatic carbocycles. The summed E-state index contributed by atoms with van der Waals surface area (Å²) in [5.74, 6) is 1.38. The van der Waals surface area contributed by atoms with E-state index in [1.807, 2.05) is 6.07 Å². The first-order chi connectivity index (χ1) is 13.7. The Kier molecular flexibility index (Phi) is 5.52. The van der Waals surface area contributed by atoms with E-state index in [1.165, 1.54) is 6.26 Å². The van der Waals surface area contributed by atoms with E-state index in [4.69, 9.17) is 9.15 Å². The molecule has 0 atom stereocenters. The fourth-order valence-corrected chi connectivity index (χ4v) is 3.44. The molecule has 0 saturated carbocycles. The molecular formula is C19H23N5O4. The van der Waals surface area contributed by atoms with Crippen LogP contribution in [0.15, 0.2) is 34.9 Å². The molecule has 4 rings (SSSR count). The van der Waals surface area contributed by atoms with Crippen molar-refractivity contribution < 1.29 is 18.7 Å². The van der Waals surface area contributed by atoms with Crippen LogP contribution >= 0.6 is 0 Å². The summed E-state index contributed by atoms with van der Waals surface area (Å²) in [5, 5.41) is 11.2. The fraction of sp³-hybridized carbons (Fsp3) is 0.474. The van der Waals surface area contributed by atoms with E-state index in [0.717, 1.165) is 18.7 Å². The zero-order valence-electron chi connectivity index (χ0n) is 15.5. The molecule has 9 heteroatoms. The van der Waals surface area contributed by atoms with E-state index in [-0.39, 0.29) is 17.7 Å². The van der Waals surface area contributed by atoms with Gasteiger partial charge in [0.05, 0.1) is 6.26 Å². The normalized spacial score (nSPS) is 18.1. The van der Waals surface area contributed by atoms with Gasteiger partial charge < -0.3 is 24.3 Å². The monoisotopic (exact) mass is 385 g/mol. The first-order valence-corrected chi connectivity index (χ1v) is 9.51. The summed E-state index contributed by atoms with van der Waals surface area (Å²) in [5.41, 5.74) is 0. The van der Waals surface area contributed by atoms with Crippen LogP contribution in [0.2, 0.25) is 0 Å². The molecule has 0 bridgehead atoms. The highest BCUT2D eigenvalue weighted by Gasteiger charge is 2.25. The lowest BCUT2D eigenvalue weighted by atomic mass is 9.99. The van der Waals surface area contributed by atoms with E-state index >= 15 is 0 Å². The number of amides is 2. The molecular weight excluding hydrogens is 362 g/mol. The number of nitrogens with one attached hydrogen (secondary N) is 1. The number of furan rings is 1. The number of hydrogen-bond donors (Lipinski definition) is 1. The Morgan fingerprint density at radius 1 is 1.04 bits per heavy atom. The summed E-state index contributed by atoms with van der Waals surface area (Å²) in [6, 6.07) is 6.99. The van der Waals surface area contributed by atoms with Gasteiger partial charge in [-0.1, -0.05) is 0 Å². The van der Waals surface area contributed by atoms with Crippen molar-refractivity contribution in [2.75, 3.05) is 49.6 Å². The van der Waals surface area contributed by atoms with Crippen LogP contribution in [0.25, 0.3) is 0 Å². The van der Waals surface area contributed by atoms with Crippen molar-refractivity contribution in [2.24, 2.45) is 5.92 Å². The molecule has 9 nitrogen and oxygen atoms in total. The van der Waals surface area contributed by atoms with Crippen LogP contribution in [0.3, 0.4) is 0 Å². The Bertz CT molecular complexity index is 794. The number of rotatable bonds is 4. The SMILES string of the molecule is O=C(Nc1ccc(N2CCN(C(=O)c3ccco3)CC2)nn1)C1CCOCC1. The first kappa shape index (κ1) is 18.4. The second-order valence-corrected chi connectivity index (χ2v) is 6.91. The first-order valence-electron chi connectivity index (χ1n) is 9.51. The number of ether oxygens (including phenoxy) is 1. The van der Waals surface area contributed by atoms with Crippen molar-refractivity contribution in [2.45, 2.75) is 12.8 Å². The Morgan fingerprint density at radius 2 is 1.82 bits per heavy atom. The van der Waals surface area contributed by atoms with Crippen molar-refractivity contribution >= 4 is 23.5 Å². The molecule has 0 unspecified atom stereocenters. The number of hydrogen-bond acceptors (Lipinski definition) is 7. The van der Waals surface area contributed by atoms with Crippen molar-refractivity contribution in [1.29, 1.82) is 0 Å². The van der Waals surface area contributed by atoms with Crippen LogP contribution in [0.4, 0.5) is 11.6 Å². The minimum atomic E-state index is -0.0955. The van der Waals surface area contributed by atoms with Crippen LogP contribution < -0.4 is 10.2 Å². The Balaban J connectivity index is 1.30. The van der Waals surface area contributed by atoms with Crippen LogP contribution in [0.1, 0.15) is 23.4 Å². The van der Waals surface area contributed by atoms with Gasteiger partial charge in [0.1, 0.15) is 0 Å². The van der Waals surface area contributed by atoms with Crippen LogP contribution in [0.5, 0.6) is 0 Å². The van der Waals surface area contributed by atoms with Gasteiger partial charge in [0.15, 0.2) is 17.4 Å². The molecule has 2 aromatic rings. The molecule has 148 valence electrons. The lowest BCUT2D eigenvalue weighted by molar-refractivity contribution is -0.122. The highest BCUT2D eigenvalue weighted by Crippen LogP contribution is 2.19. The van der Waals surface area contributed by atoms with E-state index in [2.05, 4.69) is 20.4 Å². The third-order valence-electron chi connectivity index (χ3n) is 5.12. The Labute approximate surface area is 162 Å². The molecule has 2 saturated heterocycles. The number of carbonyl (C=O) groups excluding carboxylic acids is 2. The topological polar surface area (TPSA) is 101 Å². The van der Waals surface area contributed by atoms with Gasteiger partial charge in [0.25, 0.3) is 5.91 Å². The maximum Gasteiger partial charge on any atom is 0.289 e. The molecule has 2 fully saturated rings. The molecule has 0 aliphatic carbocycles. The summed E-state index contributed by atoms with van der Waals surface area (Å²) < 4.78 is 10.5. The molecule has 1 N–H and O–H groups in total. The zero-order chi connectivity index (χ0) is 19.3. The van der Waals surface area contributed by atoms with E-state index in [1.54, 1.807) is 23.1 Å². The van der Waals surface area contributed by atoms with E-state index in [0.29, 0.717) is 51.0 Å². The summed E-state index contributed by atoms with van der Waals surface area (Å²) in [4.78, 5) is 28.4. The molecule has 2 aliphatic heterocycles. The third kappa shape index (κ3) is 4.14. The molecule has 28 heavy (non-hydrogen) atoms. The molecule has 4 heterocycles. The molecule has 0 spiro atoms. The van der Waals surface area contributed by atoms with Gasteiger partial charge in [-0.15, -0.1) is 10.2 Å². The quantitative estimate of drug-likeness (QED) is 0.849. The van der Waals surface area contributed by atoms with Gasteiger partial charge >= 0.3 is 0 Å². The minimum absolute atomic E-state index is 0.0320. The lowest BCUT2D eigenvalue weighted by Gasteiger charge is -2.34. The second kappa shape index (κ2) is 8.39. The molecule has 2 aliphatic rings. The average molecular weight is 385 g/mol. The lowest BCUT2D eigenvalue weighted by Crippen LogP contribution is -2.49. The minimum Gasteiger partial charge on any atom is -0.459 e. The van der Waals surface area contributed by atoms with Crippen LogP contribution in [-0.4, -0.2) is 66.3 Å². The largest absolute Gasteiger partial charge is 0.459 e. The Morgan fingerprint density at radius 3 is 2.46 bits per heavy atom. The zero-order valence-corrected chi connectivity index (χ0v) is 15.5. The number of piperazine rings is 1. The fourth-order valence-electron chi connectivity index (χ4n) is 3.44. The number of nitrogens with zero attached hydrogens (tertiary/aromatic N) is 4. The van der Waals surface area contributed by atoms with Gasteiger partial charge in [-0.25, -0.2) is 0 Å². The van der Waals surface area contributed by atoms with E-state index < -0.39 is 0 Å². The van der Waals surface area contributed by atoms with Gasteiger partial charge in [0, 0.05) is 45.3 Å². The van der Waals surface area contributed by atoms with Crippen molar-refractivity contribution in [3.8, 4) is 0 Å². The summed E-state index contributed by atoms with van der Waals surface area (Å²) >= 11 is 0. The molecule has 2 amide bonds. The summed E-state index contributed by atoms with van der Waals surface area (Å²) in [6.07, 6.45) is 2.97. The maximum absolute atomic E-state index is 12.3. The Hall–Kier alpha value is -2.94. The smallest absolute Gasteiger partial charge is 0.289 e. The number of carbonyl (C=O) groups is 2. The van der Waals surface area contributed by atoms with Gasteiger partial charge in [-0.2, -0.15) is 0 Å². The molecule has 2 aromatic heterocycles. The van der Waals surface area contributed by atoms with Gasteiger partial charge in [-0.05, 0) is 37.1 Å². The average Bonchev–Trinajstić information content (AvgIpc) is 3.29.